The summed E-state index contributed by atoms with van der Waals surface area (Å²) in [6.07, 6.45) is 2.22. The lowest BCUT2D eigenvalue weighted by molar-refractivity contribution is 0.0685. The van der Waals surface area contributed by atoms with Crippen LogP contribution < -0.4 is 4.90 Å². The summed E-state index contributed by atoms with van der Waals surface area (Å²) >= 11 is 3.46. The van der Waals surface area contributed by atoms with E-state index in [0.717, 1.165) is 48.3 Å². The normalized spacial score (nSPS) is 16.3. The van der Waals surface area contributed by atoms with Crippen molar-refractivity contribution >= 4 is 21.6 Å². The van der Waals surface area contributed by atoms with Crippen LogP contribution in [-0.4, -0.2) is 26.8 Å². The van der Waals surface area contributed by atoms with Gasteiger partial charge in [0.1, 0.15) is 6.07 Å². The lowest BCUT2D eigenvalue weighted by atomic mass is 9.99. The van der Waals surface area contributed by atoms with Crippen LogP contribution >= 0.6 is 15.9 Å². The summed E-state index contributed by atoms with van der Waals surface area (Å²) in [5.41, 5.74) is 1.73. The van der Waals surface area contributed by atoms with E-state index in [1.165, 1.54) is 0 Å². The fourth-order valence-corrected chi connectivity index (χ4v) is 2.68. The zero-order valence-electron chi connectivity index (χ0n) is 10.5. The number of anilines is 1. The summed E-state index contributed by atoms with van der Waals surface area (Å²) in [5.74, 6) is 0.661. The van der Waals surface area contributed by atoms with E-state index >= 15 is 0 Å². The molecule has 18 heavy (non-hydrogen) atoms. The largest absolute Gasteiger partial charge is 0.381 e. The van der Waals surface area contributed by atoms with Gasteiger partial charge in [-0.1, -0.05) is 15.9 Å². The second-order valence-corrected chi connectivity index (χ2v) is 5.63. The van der Waals surface area contributed by atoms with Gasteiger partial charge in [-0.05, 0) is 37.0 Å². The fourth-order valence-electron chi connectivity index (χ4n) is 2.33. The van der Waals surface area contributed by atoms with Gasteiger partial charge in [0.25, 0.3) is 0 Å². The van der Waals surface area contributed by atoms with Crippen LogP contribution in [0, 0.1) is 17.2 Å². The van der Waals surface area contributed by atoms with Crippen LogP contribution in [0.3, 0.4) is 0 Å². The van der Waals surface area contributed by atoms with Crippen molar-refractivity contribution < 1.29 is 4.74 Å². The minimum atomic E-state index is 0.661. The molecule has 0 spiro atoms. The molecule has 1 heterocycles. The first-order valence-electron chi connectivity index (χ1n) is 6.19. The van der Waals surface area contributed by atoms with E-state index in [9.17, 15) is 0 Å². The smallest absolute Gasteiger partial charge is 0.101 e. The van der Waals surface area contributed by atoms with Crippen molar-refractivity contribution in [3.63, 3.8) is 0 Å². The Morgan fingerprint density at radius 1 is 1.44 bits per heavy atom. The molecule has 0 aliphatic carbocycles. The molecule has 96 valence electrons. The molecule has 2 rings (SSSR count). The van der Waals surface area contributed by atoms with Crippen molar-refractivity contribution in [3.05, 3.63) is 28.2 Å². The highest BCUT2D eigenvalue weighted by Gasteiger charge is 2.17. The molecule has 0 unspecified atom stereocenters. The van der Waals surface area contributed by atoms with Crippen LogP contribution in [0.5, 0.6) is 0 Å². The van der Waals surface area contributed by atoms with Crippen LogP contribution in [0.25, 0.3) is 0 Å². The average Bonchev–Trinajstić information content (AvgIpc) is 2.40. The van der Waals surface area contributed by atoms with Gasteiger partial charge in [-0.25, -0.2) is 0 Å². The number of halogens is 1. The summed E-state index contributed by atoms with van der Waals surface area (Å²) < 4.78 is 6.38. The summed E-state index contributed by atoms with van der Waals surface area (Å²) in [7, 11) is 2.05. The number of ether oxygens (including phenoxy) is 1. The van der Waals surface area contributed by atoms with E-state index in [1.54, 1.807) is 0 Å². The van der Waals surface area contributed by atoms with Gasteiger partial charge in [0.2, 0.25) is 0 Å². The molecule has 0 N–H and O–H groups in total. The molecule has 0 aromatic heterocycles. The van der Waals surface area contributed by atoms with Crippen molar-refractivity contribution in [2.75, 3.05) is 31.7 Å². The van der Waals surface area contributed by atoms with Gasteiger partial charge in [0, 0.05) is 31.3 Å². The molecule has 4 heteroatoms. The number of nitriles is 1. The molecule has 1 aliphatic heterocycles. The Morgan fingerprint density at radius 2 is 2.17 bits per heavy atom. The molecular weight excluding hydrogens is 292 g/mol. The highest BCUT2D eigenvalue weighted by molar-refractivity contribution is 9.10. The Labute approximate surface area is 116 Å². The third kappa shape index (κ3) is 3.24. The van der Waals surface area contributed by atoms with E-state index < -0.39 is 0 Å². The molecule has 0 radical (unpaired) electrons. The highest BCUT2D eigenvalue weighted by atomic mass is 79.9. The summed E-state index contributed by atoms with van der Waals surface area (Å²) in [6, 6.07) is 8.03. The van der Waals surface area contributed by atoms with Crippen LogP contribution in [0.15, 0.2) is 22.7 Å². The van der Waals surface area contributed by atoms with Crippen molar-refractivity contribution in [2.24, 2.45) is 5.92 Å². The zero-order chi connectivity index (χ0) is 13.0. The number of benzene rings is 1. The monoisotopic (exact) mass is 308 g/mol. The Hall–Kier alpha value is -1.05. The molecule has 1 fully saturated rings. The zero-order valence-corrected chi connectivity index (χ0v) is 12.1. The molecule has 0 bridgehead atoms. The van der Waals surface area contributed by atoms with Crippen LogP contribution in [0.1, 0.15) is 18.4 Å². The maximum Gasteiger partial charge on any atom is 0.101 e. The molecule has 1 aromatic rings. The van der Waals surface area contributed by atoms with Gasteiger partial charge in [0.15, 0.2) is 0 Å². The van der Waals surface area contributed by atoms with Crippen molar-refractivity contribution in [3.8, 4) is 6.07 Å². The Morgan fingerprint density at radius 3 is 2.83 bits per heavy atom. The Bertz CT molecular complexity index is 450. The SMILES string of the molecule is CN(CC1CCOCC1)c1cc(Br)ccc1C#N. The van der Waals surface area contributed by atoms with Gasteiger partial charge in [-0.3, -0.25) is 0 Å². The number of nitrogens with zero attached hydrogens (tertiary/aromatic N) is 2. The molecule has 1 aromatic carbocycles. The van der Waals surface area contributed by atoms with Crippen molar-refractivity contribution in [2.45, 2.75) is 12.8 Å². The summed E-state index contributed by atoms with van der Waals surface area (Å²) in [6.45, 7) is 2.71. The van der Waals surface area contributed by atoms with E-state index in [2.05, 4.69) is 33.9 Å². The lowest BCUT2D eigenvalue weighted by Gasteiger charge is -2.29. The standard InChI is InChI=1S/C14H17BrN2O/c1-17(10-11-4-6-18-7-5-11)14-8-13(15)3-2-12(14)9-16/h2-3,8,11H,4-7,10H2,1H3. The van der Waals surface area contributed by atoms with E-state index in [4.69, 9.17) is 10.00 Å². The topological polar surface area (TPSA) is 36.3 Å². The van der Waals surface area contributed by atoms with Gasteiger partial charge in [-0.2, -0.15) is 5.26 Å². The quantitative estimate of drug-likeness (QED) is 0.860. The van der Waals surface area contributed by atoms with Crippen LogP contribution in [0.4, 0.5) is 5.69 Å². The van der Waals surface area contributed by atoms with E-state index in [0.29, 0.717) is 5.92 Å². The third-order valence-corrected chi connectivity index (χ3v) is 3.86. The maximum atomic E-state index is 9.15. The highest BCUT2D eigenvalue weighted by Crippen LogP contribution is 2.26. The van der Waals surface area contributed by atoms with Crippen molar-refractivity contribution in [1.29, 1.82) is 5.26 Å². The Kier molecular flexibility index (Phi) is 4.62. The van der Waals surface area contributed by atoms with Crippen LogP contribution in [-0.2, 0) is 4.74 Å². The van der Waals surface area contributed by atoms with Gasteiger partial charge in [-0.15, -0.1) is 0 Å². The summed E-state index contributed by atoms with van der Waals surface area (Å²) in [5, 5.41) is 9.15. The van der Waals surface area contributed by atoms with E-state index in [-0.39, 0.29) is 0 Å². The number of hydrogen-bond donors (Lipinski definition) is 0. The van der Waals surface area contributed by atoms with Gasteiger partial charge >= 0.3 is 0 Å². The average molecular weight is 309 g/mol. The molecule has 1 aliphatic rings. The van der Waals surface area contributed by atoms with Gasteiger partial charge < -0.3 is 9.64 Å². The minimum absolute atomic E-state index is 0.661. The molecule has 0 atom stereocenters. The number of rotatable bonds is 3. The molecule has 0 saturated carbocycles. The van der Waals surface area contributed by atoms with Gasteiger partial charge in [0.05, 0.1) is 11.3 Å². The Balaban J connectivity index is 2.10. The third-order valence-electron chi connectivity index (χ3n) is 3.36. The van der Waals surface area contributed by atoms with Crippen LogP contribution in [0.2, 0.25) is 0 Å². The second kappa shape index (κ2) is 6.21. The molecule has 3 nitrogen and oxygen atoms in total. The molecular formula is C14H17BrN2O. The van der Waals surface area contributed by atoms with Crippen molar-refractivity contribution in [1.82, 2.24) is 0 Å². The second-order valence-electron chi connectivity index (χ2n) is 4.71. The predicted octanol–water partition coefficient (Wildman–Crippen LogP) is 3.18. The molecule has 1 saturated heterocycles. The molecule has 0 amide bonds. The minimum Gasteiger partial charge on any atom is -0.381 e. The summed E-state index contributed by atoms with van der Waals surface area (Å²) in [4.78, 5) is 2.18. The maximum absolute atomic E-state index is 9.15. The first kappa shape index (κ1) is 13.4. The van der Waals surface area contributed by atoms with E-state index in [1.807, 2.05) is 18.2 Å². The first-order valence-corrected chi connectivity index (χ1v) is 6.98. The lowest BCUT2D eigenvalue weighted by Crippen LogP contribution is -2.30. The first-order chi connectivity index (χ1) is 8.70. The number of hydrogen-bond acceptors (Lipinski definition) is 3. The predicted molar refractivity (Wildman–Crippen MR) is 75.7 cm³/mol. The fraction of sp³-hybridized carbons (Fsp3) is 0.500.